The highest BCUT2D eigenvalue weighted by atomic mass is 32.1. The summed E-state index contributed by atoms with van der Waals surface area (Å²) in [6.45, 7) is 4.94. The van der Waals surface area contributed by atoms with Crippen molar-refractivity contribution in [2.45, 2.75) is 32.9 Å². The lowest BCUT2D eigenvalue weighted by atomic mass is 9.95. The number of nitrogens with zero attached hydrogens (tertiary/aromatic N) is 1. The number of amides is 1. The molecule has 0 radical (unpaired) electrons. The largest absolute Gasteiger partial charge is 0.503 e. The van der Waals surface area contributed by atoms with Crippen molar-refractivity contribution in [1.29, 1.82) is 0 Å². The Bertz CT molecular complexity index is 1150. The molecule has 1 amide bonds. The molecule has 0 bridgehead atoms. The Morgan fingerprint density at radius 2 is 2.00 bits per heavy atom. The molecular formula is C25H25NO6S. The number of carbonyl (C=O) groups excluding carboxylic acids is 2. The molecule has 0 saturated carbocycles. The maximum Gasteiger partial charge on any atom is 0.290 e. The zero-order chi connectivity index (χ0) is 23.4. The van der Waals surface area contributed by atoms with Crippen molar-refractivity contribution in [3.63, 3.8) is 0 Å². The van der Waals surface area contributed by atoms with E-state index in [9.17, 15) is 14.7 Å². The molecule has 0 saturated heterocycles. The summed E-state index contributed by atoms with van der Waals surface area (Å²) in [5.74, 6) is 0.0904. The van der Waals surface area contributed by atoms with Gasteiger partial charge in [-0.05, 0) is 54.6 Å². The lowest BCUT2D eigenvalue weighted by molar-refractivity contribution is -0.130. The second-order valence-corrected chi connectivity index (χ2v) is 8.42. The fourth-order valence-electron chi connectivity index (χ4n) is 3.80. The number of hydrogen-bond acceptors (Lipinski definition) is 7. The molecule has 1 N–H and O–H groups in total. The minimum atomic E-state index is -0.809. The average molecular weight is 468 g/mol. The quantitative estimate of drug-likeness (QED) is 0.407. The van der Waals surface area contributed by atoms with Crippen LogP contribution in [0.15, 0.2) is 69.9 Å². The average Bonchev–Trinajstić information content (AvgIpc) is 3.57. The van der Waals surface area contributed by atoms with Gasteiger partial charge in [0.25, 0.3) is 5.91 Å². The van der Waals surface area contributed by atoms with Gasteiger partial charge < -0.3 is 23.9 Å². The molecule has 1 aromatic carbocycles. The van der Waals surface area contributed by atoms with E-state index >= 15 is 0 Å². The van der Waals surface area contributed by atoms with Gasteiger partial charge in [-0.1, -0.05) is 19.1 Å². The van der Waals surface area contributed by atoms with Gasteiger partial charge in [-0.2, -0.15) is 0 Å². The molecular weight excluding hydrogens is 442 g/mol. The Balaban J connectivity index is 1.79. The Morgan fingerprint density at radius 1 is 1.15 bits per heavy atom. The van der Waals surface area contributed by atoms with Crippen molar-refractivity contribution in [3.05, 3.63) is 81.6 Å². The SMILES string of the molecule is CCCOc1ccc([C@@H]2C(C(=O)c3cccs3)=C(O)C(=O)N2Cc2ccco2)cc1OCC. The van der Waals surface area contributed by atoms with E-state index in [1.54, 1.807) is 47.8 Å². The van der Waals surface area contributed by atoms with Crippen LogP contribution < -0.4 is 9.47 Å². The minimum absolute atomic E-state index is 0.0404. The first-order chi connectivity index (χ1) is 16.0. The molecule has 0 spiro atoms. The summed E-state index contributed by atoms with van der Waals surface area (Å²) >= 11 is 1.26. The summed E-state index contributed by atoms with van der Waals surface area (Å²) in [7, 11) is 0. The molecule has 7 nitrogen and oxygen atoms in total. The van der Waals surface area contributed by atoms with Crippen molar-refractivity contribution in [2.75, 3.05) is 13.2 Å². The number of hydrogen-bond donors (Lipinski definition) is 1. The summed E-state index contributed by atoms with van der Waals surface area (Å²) in [6, 6.07) is 11.4. The first-order valence-electron chi connectivity index (χ1n) is 10.8. The van der Waals surface area contributed by atoms with Gasteiger partial charge in [0.2, 0.25) is 5.78 Å². The van der Waals surface area contributed by atoms with Crippen LogP contribution in [0, 0.1) is 0 Å². The normalized spacial score (nSPS) is 15.9. The van der Waals surface area contributed by atoms with Crippen molar-refractivity contribution >= 4 is 23.0 Å². The molecule has 1 aliphatic rings. The van der Waals surface area contributed by atoms with Gasteiger partial charge in [0.15, 0.2) is 17.3 Å². The molecule has 2 aromatic heterocycles. The number of rotatable bonds is 10. The van der Waals surface area contributed by atoms with Gasteiger partial charge in [0.1, 0.15) is 5.76 Å². The number of aliphatic hydroxyl groups is 1. The minimum Gasteiger partial charge on any atom is -0.503 e. The monoisotopic (exact) mass is 467 g/mol. The van der Waals surface area contributed by atoms with Crippen molar-refractivity contribution in [3.8, 4) is 11.5 Å². The Labute approximate surface area is 195 Å². The van der Waals surface area contributed by atoms with Crippen molar-refractivity contribution in [1.82, 2.24) is 4.90 Å². The first kappa shape index (κ1) is 22.7. The zero-order valence-electron chi connectivity index (χ0n) is 18.4. The van der Waals surface area contributed by atoms with E-state index in [2.05, 4.69) is 0 Å². The van der Waals surface area contributed by atoms with E-state index in [1.165, 1.54) is 22.5 Å². The van der Waals surface area contributed by atoms with Crippen LogP contribution in [0.4, 0.5) is 0 Å². The summed E-state index contributed by atoms with van der Waals surface area (Å²) in [4.78, 5) is 28.3. The second-order valence-electron chi connectivity index (χ2n) is 7.47. The highest BCUT2D eigenvalue weighted by Gasteiger charge is 2.44. The number of benzene rings is 1. The molecule has 4 rings (SSSR count). The Kier molecular flexibility index (Phi) is 6.84. The van der Waals surface area contributed by atoms with Crippen LogP contribution in [0.3, 0.4) is 0 Å². The van der Waals surface area contributed by atoms with Crippen LogP contribution in [0.5, 0.6) is 11.5 Å². The highest BCUT2D eigenvalue weighted by molar-refractivity contribution is 7.12. The molecule has 0 fully saturated rings. The van der Waals surface area contributed by atoms with Crippen LogP contribution in [0.25, 0.3) is 0 Å². The van der Waals surface area contributed by atoms with Crippen LogP contribution in [-0.2, 0) is 11.3 Å². The molecule has 33 heavy (non-hydrogen) atoms. The number of thiophene rings is 1. The molecule has 0 unspecified atom stereocenters. The lowest BCUT2D eigenvalue weighted by Gasteiger charge is -2.26. The van der Waals surface area contributed by atoms with Gasteiger partial charge in [0.05, 0.1) is 42.5 Å². The molecule has 172 valence electrons. The number of Topliss-reactive ketones (excluding diaryl/α,β-unsaturated/α-hetero) is 1. The zero-order valence-corrected chi connectivity index (χ0v) is 19.3. The van der Waals surface area contributed by atoms with Gasteiger partial charge in [-0.25, -0.2) is 0 Å². The summed E-state index contributed by atoms with van der Waals surface area (Å²) in [6.07, 6.45) is 2.36. The fourth-order valence-corrected chi connectivity index (χ4v) is 4.48. The topological polar surface area (TPSA) is 89.2 Å². The van der Waals surface area contributed by atoms with Crippen LogP contribution in [-0.4, -0.2) is 34.9 Å². The third kappa shape index (κ3) is 4.52. The van der Waals surface area contributed by atoms with Crippen molar-refractivity contribution in [2.24, 2.45) is 0 Å². The second kappa shape index (κ2) is 9.95. The van der Waals surface area contributed by atoms with E-state index in [1.807, 2.05) is 13.8 Å². The third-order valence-corrected chi connectivity index (χ3v) is 6.11. The molecule has 3 aromatic rings. The van der Waals surface area contributed by atoms with Gasteiger partial charge in [-0.3, -0.25) is 9.59 Å². The van der Waals surface area contributed by atoms with E-state index in [0.717, 1.165) is 6.42 Å². The van der Waals surface area contributed by atoms with Crippen LogP contribution >= 0.6 is 11.3 Å². The van der Waals surface area contributed by atoms with Gasteiger partial charge >= 0.3 is 0 Å². The van der Waals surface area contributed by atoms with Gasteiger partial charge in [-0.15, -0.1) is 11.3 Å². The highest BCUT2D eigenvalue weighted by Crippen LogP contribution is 2.42. The maximum atomic E-state index is 13.3. The molecule has 8 heteroatoms. The predicted molar refractivity (Wildman–Crippen MR) is 124 cm³/mol. The standard InChI is InChI=1S/C25H25NO6S/c1-3-11-32-18-10-9-16(14-19(18)30-4-2)22-21(23(27)20-8-6-13-33-20)24(28)25(29)26(22)15-17-7-5-12-31-17/h5-10,12-14,22,28H,3-4,11,15H2,1-2H3/t22-/m1/s1. The van der Waals surface area contributed by atoms with Crippen LogP contribution in [0.1, 0.15) is 47.3 Å². The van der Waals surface area contributed by atoms with E-state index in [-0.39, 0.29) is 17.9 Å². The summed E-state index contributed by atoms with van der Waals surface area (Å²) < 4.78 is 17.0. The fraction of sp³-hybridized carbons (Fsp3) is 0.280. The number of aliphatic hydroxyl groups excluding tert-OH is 1. The predicted octanol–water partition coefficient (Wildman–Crippen LogP) is 5.31. The Morgan fingerprint density at radius 3 is 2.67 bits per heavy atom. The number of furan rings is 1. The van der Waals surface area contributed by atoms with Crippen molar-refractivity contribution < 1.29 is 28.6 Å². The summed E-state index contributed by atoms with van der Waals surface area (Å²) in [5, 5.41) is 12.6. The smallest absolute Gasteiger partial charge is 0.290 e. The molecule has 1 atom stereocenters. The molecule has 0 aliphatic carbocycles. The number of carbonyl (C=O) groups is 2. The maximum absolute atomic E-state index is 13.3. The van der Waals surface area contributed by atoms with Gasteiger partial charge in [0, 0.05) is 0 Å². The number of ether oxygens (including phenoxy) is 2. The Hall–Kier alpha value is -3.52. The van der Waals surface area contributed by atoms with E-state index in [4.69, 9.17) is 13.9 Å². The lowest BCUT2D eigenvalue weighted by Crippen LogP contribution is -2.30. The third-order valence-electron chi connectivity index (χ3n) is 5.24. The van der Waals surface area contributed by atoms with E-state index < -0.39 is 17.7 Å². The first-order valence-corrected chi connectivity index (χ1v) is 11.7. The summed E-state index contributed by atoms with van der Waals surface area (Å²) in [5.41, 5.74) is 0.671. The van der Waals surface area contributed by atoms with E-state index in [0.29, 0.717) is 40.9 Å². The molecule has 1 aliphatic heterocycles. The molecule has 3 heterocycles. The van der Waals surface area contributed by atoms with Crippen LogP contribution in [0.2, 0.25) is 0 Å². The number of ketones is 1.